The highest BCUT2D eigenvalue weighted by Gasteiger charge is 2.23. The van der Waals surface area contributed by atoms with Gasteiger partial charge in [0.2, 0.25) is 0 Å². The van der Waals surface area contributed by atoms with Gasteiger partial charge in [0.1, 0.15) is 17.2 Å². The summed E-state index contributed by atoms with van der Waals surface area (Å²) in [5.74, 6) is 1.05. The summed E-state index contributed by atoms with van der Waals surface area (Å²) < 4.78 is 23.7. The molecule has 0 aliphatic rings. The minimum absolute atomic E-state index is 0.221. The Bertz CT molecular complexity index is 777. The maximum absolute atomic E-state index is 13.2. The summed E-state index contributed by atoms with van der Waals surface area (Å²) in [4.78, 5) is 4.62. The molecule has 0 amide bonds. The number of ether oxygens (including phenoxy) is 2. The second kappa shape index (κ2) is 12.1. The minimum Gasteiger partial charge on any atom is -0.497 e. The first-order chi connectivity index (χ1) is 14.4. The molecule has 2 aromatic rings. The van der Waals surface area contributed by atoms with E-state index in [1.54, 1.807) is 26.2 Å². The molecule has 1 atom stereocenters. The molecule has 30 heavy (non-hydrogen) atoms. The summed E-state index contributed by atoms with van der Waals surface area (Å²) in [6, 6.07) is 13.6. The molecule has 164 valence electrons. The Labute approximate surface area is 178 Å². The van der Waals surface area contributed by atoms with Crippen molar-refractivity contribution in [2.75, 3.05) is 33.4 Å². The third-order valence-corrected chi connectivity index (χ3v) is 4.61. The molecule has 3 N–H and O–H groups in total. The lowest BCUT2D eigenvalue weighted by Crippen LogP contribution is -2.45. The monoisotopic (exact) mass is 417 g/mol. The van der Waals surface area contributed by atoms with Gasteiger partial charge in [0.25, 0.3) is 0 Å². The molecule has 6 nitrogen and oxygen atoms in total. The molecule has 1 unspecified atom stereocenters. The predicted octanol–water partition coefficient (Wildman–Crippen LogP) is 3.20. The van der Waals surface area contributed by atoms with E-state index in [0.29, 0.717) is 37.8 Å². The molecule has 0 aromatic heterocycles. The number of aliphatic imine (C=N–C) groups is 1. The van der Waals surface area contributed by atoms with Crippen molar-refractivity contribution >= 4 is 5.96 Å². The van der Waals surface area contributed by atoms with Crippen LogP contribution in [0.5, 0.6) is 5.75 Å². The van der Waals surface area contributed by atoms with E-state index >= 15 is 0 Å². The summed E-state index contributed by atoms with van der Waals surface area (Å²) in [5, 5.41) is 17.3. The molecule has 0 heterocycles. The molecule has 0 saturated heterocycles. The summed E-state index contributed by atoms with van der Waals surface area (Å²) in [6.45, 7) is 6.40. The fourth-order valence-corrected chi connectivity index (χ4v) is 2.77. The molecule has 0 aliphatic heterocycles. The second-order valence-electron chi connectivity index (χ2n) is 7.12. The standard InChI is InChI=1S/C23H32FN3O3/c1-4-30-15-5-14-25-22(26-16-18-6-12-21(29-3)13-7-18)27-17-23(2,28)19-8-10-20(24)11-9-19/h6-13,28H,4-5,14-17H2,1-3H3,(H2,25,26,27). The van der Waals surface area contributed by atoms with Crippen molar-refractivity contribution in [3.63, 3.8) is 0 Å². The van der Waals surface area contributed by atoms with Gasteiger partial charge in [0.05, 0.1) is 20.2 Å². The summed E-state index contributed by atoms with van der Waals surface area (Å²) >= 11 is 0. The van der Waals surface area contributed by atoms with Crippen LogP contribution < -0.4 is 15.4 Å². The number of benzene rings is 2. The number of methoxy groups -OCH3 is 1. The van der Waals surface area contributed by atoms with Gasteiger partial charge in [-0.25, -0.2) is 9.38 Å². The van der Waals surface area contributed by atoms with E-state index in [4.69, 9.17) is 9.47 Å². The van der Waals surface area contributed by atoms with Gasteiger partial charge in [0.15, 0.2) is 5.96 Å². The molecule has 0 aliphatic carbocycles. The van der Waals surface area contributed by atoms with E-state index in [1.807, 2.05) is 31.2 Å². The summed E-state index contributed by atoms with van der Waals surface area (Å²) in [6.07, 6.45) is 0.839. The number of hydrogen-bond donors (Lipinski definition) is 3. The van der Waals surface area contributed by atoms with Gasteiger partial charge in [-0.2, -0.15) is 0 Å². The zero-order chi connectivity index (χ0) is 21.8. The van der Waals surface area contributed by atoms with Crippen LogP contribution >= 0.6 is 0 Å². The molecule has 0 bridgehead atoms. The average Bonchev–Trinajstić information content (AvgIpc) is 2.75. The SMILES string of the molecule is CCOCCCNC(=NCc1ccc(OC)cc1)NCC(C)(O)c1ccc(F)cc1. The second-order valence-corrected chi connectivity index (χ2v) is 7.12. The number of hydrogen-bond acceptors (Lipinski definition) is 4. The molecule has 0 fully saturated rings. The van der Waals surface area contributed by atoms with Crippen LogP contribution in [0.3, 0.4) is 0 Å². The highest BCUT2D eigenvalue weighted by molar-refractivity contribution is 5.79. The van der Waals surface area contributed by atoms with Gasteiger partial charge in [-0.1, -0.05) is 24.3 Å². The zero-order valence-electron chi connectivity index (χ0n) is 18.0. The Kier molecular flexibility index (Phi) is 9.57. The van der Waals surface area contributed by atoms with Crippen LogP contribution in [0.25, 0.3) is 0 Å². The van der Waals surface area contributed by atoms with E-state index in [-0.39, 0.29) is 12.4 Å². The van der Waals surface area contributed by atoms with Crippen LogP contribution in [-0.2, 0) is 16.9 Å². The predicted molar refractivity (Wildman–Crippen MR) is 117 cm³/mol. The van der Waals surface area contributed by atoms with Crippen LogP contribution in [0, 0.1) is 5.82 Å². The number of nitrogens with zero attached hydrogens (tertiary/aromatic N) is 1. The van der Waals surface area contributed by atoms with E-state index < -0.39 is 5.60 Å². The van der Waals surface area contributed by atoms with Crippen molar-refractivity contribution in [1.82, 2.24) is 10.6 Å². The summed E-state index contributed by atoms with van der Waals surface area (Å²) in [5.41, 5.74) is 0.487. The third kappa shape index (κ3) is 8.00. The first-order valence-electron chi connectivity index (χ1n) is 10.2. The Balaban J connectivity index is 2.00. The highest BCUT2D eigenvalue weighted by Crippen LogP contribution is 2.20. The number of aliphatic hydroxyl groups is 1. The van der Waals surface area contributed by atoms with Gasteiger partial charge in [-0.15, -0.1) is 0 Å². The topological polar surface area (TPSA) is 75.1 Å². The molecule has 2 aromatic carbocycles. The molecule has 0 saturated carbocycles. The van der Waals surface area contributed by atoms with Crippen molar-refractivity contribution in [2.45, 2.75) is 32.4 Å². The maximum Gasteiger partial charge on any atom is 0.191 e. The Morgan fingerprint density at radius 2 is 1.80 bits per heavy atom. The lowest BCUT2D eigenvalue weighted by molar-refractivity contribution is 0.0616. The number of guanidine groups is 1. The first kappa shape index (κ1) is 23.6. The molecule has 2 rings (SSSR count). The summed E-state index contributed by atoms with van der Waals surface area (Å²) in [7, 11) is 1.63. The highest BCUT2D eigenvalue weighted by atomic mass is 19.1. The quantitative estimate of drug-likeness (QED) is 0.297. The first-order valence-corrected chi connectivity index (χ1v) is 10.2. The van der Waals surface area contributed by atoms with Gasteiger partial charge in [-0.3, -0.25) is 0 Å². The van der Waals surface area contributed by atoms with Gasteiger partial charge in [0, 0.05) is 19.8 Å². The van der Waals surface area contributed by atoms with Crippen molar-refractivity contribution in [1.29, 1.82) is 0 Å². The molecule has 0 spiro atoms. The minimum atomic E-state index is -1.18. The zero-order valence-corrected chi connectivity index (χ0v) is 18.0. The van der Waals surface area contributed by atoms with Crippen molar-refractivity contribution in [2.24, 2.45) is 4.99 Å². The van der Waals surface area contributed by atoms with Crippen LogP contribution in [0.15, 0.2) is 53.5 Å². The molecule has 0 radical (unpaired) electrons. The van der Waals surface area contributed by atoms with Crippen molar-refractivity contribution in [3.8, 4) is 5.75 Å². The molecular weight excluding hydrogens is 385 g/mol. The van der Waals surface area contributed by atoms with Crippen molar-refractivity contribution in [3.05, 3.63) is 65.5 Å². The Morgan fingerprint density at radius 3 is 2.43 bits per heavy atom. The van der Waals surface area contributed by atoms with Crippen LogP contribution in [-0.4, -0.2) is 44.5 Å². The van der Waals surface area contributed by atoms with E-state index in [9.17, 15) is 9.50 Å². The fourth-order valence-electron chi connectivity index (χ4n) is 2.77. The van der Waals surface area contributed by atoms with Crippen molar-refractivity contribution < 1.29 is 19.0 Å². The van der Waals surface area contributed by atoms with E-state index in [0.717, 1.165) is 17.7 Å². The largest absolute Gasteiger partial charge is 0.497 e. The third-order valence-electron chi connectivity index (χ3n) is 4.61. The normalized spacial score (nSPS) is 13.6. The van der Waals surface area contributed by atoms with Gasteiger partial charge >= 0.3 is 0 Å². The molecule has 7 heteroatoms. The Morgan fingerprint density at radius 1 is 1.10 bits per heavy atom. The van der Waals surface area contributed by atoms with Crippen LogP contribution in [0.1, 0.15) is 31.4 Å². The van der Waals surface area contributed by atoms with E-state index in [2.05, 4.69) is 15.6 Å². The number of halogens is 1. The Hall–Kier alpha value is -2.64. The van der Waals surface area contributed by atoms with Crippen LogP contribution in [0.2, 0.25) is 0 Å². The van der Waals surface area contributed by atoms with Gasteiger partial charge < -0.3 is 25.2 Å². The molecular formula is C23H32FN3O3. The smallest absolute Gasteiger partial charge is 0.191 e. The fraction of sp³-hybridized carbons (Fsp3) is 0.435. The van der Waals surface area contributed by atoms with Gasteiger partial charge in [-0.05, 0) is 55.7 Å². The number of rotatable bonds is 11. The lowest BCUT2D eigenvalue weighted by atomic mass is 9.96. The van der Waals surface area contributed by atoms with E-state index in [1.165, 1.54) is 12.1 Å². The van der Waals surface area contributed by atoms with Crippen LogP contribution in [0.4, 0.5) is 4.39 Å². The lowest BCUT2D eigenvalue weighted by Gasteiger charge is -2.25. The average molecular weight is 418 g/mol. The maximum atomic E-state index is 13.2. The number of nitrogens with one attached hydrogen (secondary N) is 2.